The predicted octanol–water partition coefficient (Wildman–Crippen LogP) is 2.49. The first-order valence-electron chi connectivity index (χ1n) is 7.03. The molecule has 1 saturated carbocycles. The number of urea groups is 1. The molecule has 5 nitrogen and oxygen atoms in total. The number of primary amides is 1. The van der Waals surface area contributed by atoms with E-state index >= 15 is 0 Å². The van der Waals surface area contributed by atoms with E-state index in [-0.39, 0.29) is 12.1 Å². The smallest absolute Gasteiger partial charge is 0.319 e. The van der Waals surface area contributed by atoms with Crippen molar-refractivity contribution in [3.8, 4) is 0 Å². The van der Waals surface area contributed by atoms with Crippen LogP contribution in [0.15, 0.2) is 24.3 Å². The Kier molecular flexibility index (Phi) is 4.61. The van der Waals surface area contributed by atoms with Crippen LogP contribution in [0.3, 0.4) is 0 Å². The zero-order chi connectivity index (χ0) is 14.5. The molecule has 20 heavy (non-hydrogen) atoms. The Balaban J connectivity index is 1.94. The van der Waals surface area contributed by atoms with Crippen molar-refractivity contribution in [1.82, 2.24) is 5.32 Å². The molecule has 0 aromatic heterocycles. The highest BCUT2D eigenvalue weighted by Crippen LogP contribution is 2.23. The maximum Gasteiger partial charge on any atom is 0.319 e. The largest absolute Gasteiger partial charge is 0.366 e. The predicted molar refractivity (Wildman–Crippen MR) is 78.5 cm³/mol. The Labute approximate surface area is 118 Å². The van der Waals surface area contributed by atoms with Crippen LogP contribution in [0.1, 0.15) is 43.0 Å². The van der Waals surface area contributed by atoms with Gasteiger partial charge in [0.2, 0.25) is 5.91 Å². The van der Waals surface area contributed by atoms with Crippen LogP contribution in [0, 0.1) is 5.92 Å². The number of hydrogen-bond donors (Lipinski definition) is 3. The van der Waals surface area contributed by atoms with Gasteiger partial charge in [-0.3, -0.25) is 4.79 Å². The summed E-state index contributed by atoms with van der Waals surface area (Å²) in [5.74, 6) is 0.00131. The second kappa shape index (κ2) is 6.41. The van der Waals surface area contributed by atoms with Gasteiger partial charge in [-0.05, 0) is 37.0 Å². The summed E-state index contributed by atoms with van der Waals surface area (Å²) in [7, 11) is 0. The van der Waals surface area contributed by atoms with Crippen LogP contribution in [-0.2, 0) is 0 Å². The van der Waals surface area contributed by atoms with Crippen LogP contribution >= 0.6 is 0 Å². The normalized spacial score (nSPS) is 22.1. The van der Waals surface area contributed by atoms with E-state index in [0.717, 1.165) is 19.3 Å². The quantitative estimate of drug-likeness (QED) is 0.791. The number of anilines is 1. The minimum Gasteiger partial charge on any atom is -0.366 e. The number of carbonyl (C=O) groups is 2. The fourth-order valence-corrected chi connectivity index (χ4v) is 2.62. The number of hydrogen-bond acceptors (Lipinski definition) is 2. The van der Waals surface area contributed by atoms with E-state index in [1.54, 1.807) is 24.3 Å². The van der Waals surface area contributed by atoms with Crippen molar-refractivity contribution >= 4 is 17.6 Å². The van der Waals surface area contributed by atoms with E-state index in [2.05, 4.69) is 17.6 Å². The van der Waals surface area contributed by atoms with Gasteiger partial charge in [-0.25, -0.2) is 4.79 Å². The van der Waals surface area contributed by atoms with E-state index in [4.69, 9.17) is 5.73 Å². The average molecular weight is 275 g/mol. The highest BCUT2D eigenvalue weighted by molar-refractivity contribution is 5.95. The molecule has 2 atom stereocenters. The molecule has 5 heteroatoms. The molecule has 108 valence electrons. The van der Waals surface area contributed by atoms with Crippen LogP contribution in [-0.4, -0.2) is 18.0 Å². The van der Waals surface area contributed by atoms with Crippen molar-refractivity contribution in [2.45, 2.75) is 38.6 Å². The highest BCUT2D eigenvalue weighted by Gasteiger charge is 2.22. The molecule has 0 saturated heterocycles. The molecule has 1 aliphatic carbocycles. The van der Waals surface area contributed by atoms with E-state index < -0.39 is 5.91 Å². The minimum atomic E-state index is -0.505. The molecule has 0 bridgehead atoms. The summed E-state index contributed by atoms with van der Waals surface area (Å²) in [6, 6.07) is 6.62. The van der Waals surface area contributed by atoms with Crippen LogP contribution in [0.4, 0.5) is 10.5 Å². The molecule has 1 aromatic carbocycles. The van der Waals surface area contributed by atoms with Crippen molar-refractivity contribution in [2.75, 3.05) is 5.32 Å². The molecule has 0 unspecified atom stereocenters. The Morgan fingerprint density at radius 2 is 2.00 bits per heavy atom. The Morgan fingerprint density at radius 3 is 2.70 bits per heavy atom. The number of amides is 3. The molecular formula is C15H21N3O2. The van der Waals surface area contributed by atoms with Gasteiger partial charge >= 0.3 is 6.03 Å². The lowest BCUT2D eigenvalue weighted by Crippen LogP contribution is -2.43. The first-order valence-corrected chi connectivity index (χ1v) is 7.03. The second-order valence-corrected chi connectivity index (χ2v) is 5.41. The van der Waals surface area contributed by atoms with Gasteiger partial charge in [-0.15, -0.1) is 0 Å². The molecule has 3 amide bonds. The van der Waals surface area contributed by atoms with Crippen molar-refractivity contribution in [1.29, 1.82) is 0 Å². The van der Waals surface area contributed by atoms with Crippen molar-refractivity contribution < 1.29 is 9.59 Å². The third-order valence-electron chi connectivity index (χ3n) is 3.83. The molecule has 0 heterocycles. The number of nitrogens with two attached hydrogens (primary N) is 1. The lowest BCUT2D eigenvalue weighted by atomic mass is 9.86. The summed E-state index contributed by atoms with van der Waals surface area (Å²) in [5.41, 5.74) is 6.17. The summed E-state index contributed by atoms with van der Waals surface area (Å²) in [6.07, 6.45) is 4.58. The summed E-state index contributed by atoms with van der Waals surface area (Å²) in [4.78, 5) is 23.1. The Hall–Kier alpha value is -2.04. The number of rotatable bonds is 3. The molecule has 4 N–H and O–H groups in total. The van der Waals surface area contributed by atoms with Gasteiger partial charge in [0.1, 0.15) is 0 Å². The second-order valence-electron chi connectivity index (χ2n) is 5.41. The molecule has 1 fully saturated rings. The fourth-order valence-electron chi connectivity index (χ4n) is 2.62. The van der Waals surface area contributed by atoms with Crippen LogP contribution in [0.25, 0.3) is 0 Å². The van der Waals surface area contributed by atoms with Gasteiger partial charge in [0.25, 0.3) is 0 Å². The summed E-state index contributed by atoms with van der Waals surface area (Å²) in [6.45, 7) is 2.16. The monoisotopic (exact) mass is 275 g/mol. The maximum atomic E-state index is 12.0. The first-order chi connectivity index (χ1) is 9.56. The zero-order valence-corrected chi connectivity index (χ0v) is 11.7. The molecule has 2 rings (SSSR count). The molecule has 1 aromatic rings. The molecule has 0 radical (unpaired) electrons. The van der Waals surface area contributed by atoms with Crippen molar-refractivity contribution in [3.63, 3.8) is 0 Å². The van der Waals surface area contributed by atoms with Crippen molar-refractivity contribution in [2.24, 2.45) is 11.7 Å². The van der Waals surface area contributed by atoms with Gasteiger partial charge in [0.15, 0.2) is 0 Å². The topological polar surface area (TPSA) is 84.2 Å². The number of carbonyl (C=O) groups excluding carboxylic acids is 2. The van der Waals surface area contributed by atoms with Crippen LogP contribution in [0.2, 0.25) is 0 Å². The van der Waals surface area contributed by atoms with Gasteiger partial charge in [0.05, 0.1) is 0 Å². The van der Waals surface area contributed by atoms with E-state index in [9.17, 15) is 9.59 Å². The molecule has 0 spiro atoms. The van der Waals surface area contributed by atoms with E-state index in [0.29, 0.717) is 17.2 Å². The SMILES string of the molecule is C[C@H]1CCCC[C@@H]1NC(=O)Nc1cccc(C(N)=O)c1. The molecular weight excluding hydrogens is 254 g/mol. The summed E-state index contributed by atoms with van der Waals surface area (Å²) in [5, 5.41) is 5.75. The lowest BCUT2D eigenvalue weighted by Gasteiger charge is -2.29. The van der Waals surface area contributed by atoms with Gasteiger partial charge < -0.3 is 16.4 Å². The van der Waals surface area contributed by atoms with Crippen LogP contribution in [0.5, 0.6) is 0 Å². The van der Waals surface area contributed by atoms with Gasteiger partial charge in [0, 0.05) is 17.3 Å². The Morgan fingerprint density at radius 1 is 1.25 bits per heavy atom. The van der Waals surface area contributed by atoms with Gasteiger partial charge in [-0.1, -0.05) is 25.8 Å². The van der Waals surface area contributed by atoms with E-state index in [1.807, 2.05) is 0 Å². The first kappa shape index (κ1) is 14.4. The van der Waals surface area contributed by atoms with Crippen LogP contribution < -0.4 is 16.4 Å². The number of benzene rings is 1. The maximum absolute atomic E-state index is 12.0. The molecule has 0 aliphatic heterocycles. The number of nitrogens with one attached hydrogen (secondary N) is 2. The lowest BCUT2D eigenvalue weighted by molar-refractivity contribution is 0.100. The Bertz CT molecular complexity index is 502. The third kappa shape index (κ3) is 3.73. The zero-order valence-electron chi connectivity index (χ0n) is 11.7. The minimum absolute atomic E-state index is 0.225. The molecule has 1 aliphatic rings. The standard InChI is InChI=1S/C15H21N3O2/c1-10-5-2-3-8-13(10)18-15(20)17-12-7-4-6-11(9-12)14(16)19/h4,6-7,9-10,13H,2-3,5,8H2,1H3,(H2,16,19)(H2,17,18,20)/t10-,13-/m0/s1. The van der Waals surface area contributed by atoms with E-state index in [1.165, 1.54) is 6.42 Å². The summed E-state index contributed by atoms with van der Waals surface area (Å²) < 4.78 is 0. The highest BCUT2D eigenvalue weighted by atomic mass is 16.2. The fraction of sp³-hybridized carbons (Fsp3) is 0.467. The third-order valence-corrected chi connectivity index (χ3v) is 3.83. The van der Waals surface area contributed by atoms with Crippen molar-refractivity contribution in [3.05, 3.63) is 29.8 Å². The average Bonchev–Trinajstić information content (AvgIpc) is 2.41. The van der Waals surface area contributed by atoms with Gasteiger partial charge in [-0.2, -0.15) is 0 Å². The summed E-state index contributed by atoms with van der Waals surface area (Å²) >= 11 is 0.